The van der Waals surface area contributed by atoms with Crippen molar-refractivity contribution >= 4 is 17.0 Å². The molecule has 0 aliphatic carbocycles. The van der Waals surface area contributed by atoms with Gasteiger partial charge in [0.25, 0.3) is 0 Å². The number of rotatable bonds is 3. The molecule has 4 nitrogen and oxygen atoms in total. The molecule has 0 saturated carbocycles. The predicted octanol–water partition coefficient (Wildman–Crippen LogP) is 3.29. The summed E-state index contributed by atoms with van der Waals surface area (Å²) in [5.74, 6) is 0.805. The second-order valence-electron chi connectivity index (χ2n) is 5.21. The van der Waals surface area contributed by atoms with Crippen LogP contribution in [-0.4, -0.2) is 9.55 Å². The number of nitrogens with two attached hydrogens (primary N) is 1. The van der Waals surface area contributed by atoms with Crippen molar-refractivity contribution < 1.29 is 0 Å². The maximum absolute atomic E-state index is 9.04. The zero-order chi connectivity index (χ0) is 14.8. The summed E-state index contributed by atoms with van der Waals surface area (Å²) < 4.78 is 1.98. The van der Waals surface area contributed by atoms with E-state index in [1.54, 1.807) is 6.07 Å². The summed E-state index contributed by atoms with van der Waals surface area (Å²) in [5.41, 5.74) is 9.66. The molecule has 2 N–H and O–H groups in total. The van der Waals surface area contributed by atoms with E-state index in [9.17, 15) is 0 Å². The summed E-state index contributed by atoms with van der Waals surface area (Å²) in [4.78, 5) is 4.37. The molecule has 104 valence electrons. The Hall–Kier alpha value is -2.80. The molecule has 3 aromatic rings. The van der Waals surface area contributed by atoms with Gasteiger partial charge in [-0.15, -0.1) is 0 Å². The van der Waals surface area contributed by atoms with Crippen molar-refractivity contribution in [3.63, 3.8) is 0 Å². The molecule has 0 saturated heterocycles. The molecule has 1 heterocycles. The molecule has 3 rings (SSSR count). The van der Waals surface area contributed by atoms with Crippen molar-refractivity contribution in [2.75, 3.05) is 5.73 Å². The summed E-state index contributed by atoms with van der Waals surface area (Å²) in [5, 5.41) is 9.04. The van der Waals surface area contributed by atoms with Gasteiger partial charge in [0.2, 0.25) is 5.95 Å². The number of anilines is 1. The van der Waals surface area contributed by atoms with E-state index in [4.69, 9.17) is 11.0 Å². The number of nitrogens with zero attached hydrogens (tertiary/aromatic N) is 3. The van der Waals surface area contributed by atoms with Crippen LogP contribution in [0.15, 0.2) is 48.5 Å². The highest BCUT2D eigenvalue weighted by molar-refractivity contribution is 5.79. The molecule has 0 aliphatic rings. The van der Waals surface area contributed by atoms with Gasteiger partial charge < -0.3 is 10.3 Å². The minimum absolute atomic E-state index is 0.316. The van der Waals surface area contributed by atoms with Crippen molar-refractivity contribution in [1.82, 2.24) is 9.55 Å². The Morgan fingerprint density at radius 1 is 1.24 bits per heavy atom. The van der Waals surface area contributed by atoms with Gasteiger partial charge in [-0.2, -0.15) is 5.26 Å². The van der Waals surface area contributed by atoms with Gasteiger partial charge in [-0.3, -0.25) is 0 Å². The number of fused-ring (bicyclic) bond motifs is 1. The lowest BCUT2D eigenvalue weighted by atomic mass is 10.0. The first kappa shape index (κ1) is 13.2. The molecule has 0 spiro atoms. The lowest BCUT2D eigenvalue weighted by Crippen LogP contribution is -2.09. The number of imidazole rings is 1. The van der Waals surface area contributed by atoms with E-state index in [2.05, 4.69) is 30.1 Å². The van der Waals surface area contributed by atoms with Crippen LogP contribution >= 0.6 is 0 Å². The summed E-state index contributed by atoms with van der Waals surface area (Å²) in [6.45, 7) is 2.90. The van der Waals surface area contributed by atoms with E-state index in [1.165, 1.54) is 5.56 Å². The zero-order valence-corrected chi connectivity index (χ0v) is 11.8. The largest absolute Gasteiger partial charge is 0.369 e. The fourth-order valence-corrected chi connectivity index (χ4v) is 2.56. The summed E-state index contributed by atoms with van der Waals surface area (Å²) in [7, 11) is 0. The van der Waals surface area contributed by atoms with Gasteiger partial charge in [-0.05, 0) is 29.7 Å². The van der Waals surface area contributed by atoms with Gasteiger partial charge in [0.15, 0.2) is 0 Å². The molecular formula is C17H16N4. The van der Waals surface area contributed by atoms with E-state index in [1.807, 2.05) is 34.9 Å². The number of nitrogen functional groups attached to an aromatic ring is 1. The van der Waals surface area contributed by atoms with Crippen LogP contribution in [0.4, 0.5) is 5.95 Å². The third-order valence-corrected chi connectivity index (χ3v) is 3.73. The molecular weight excluding hydrogens is 260 g/mol. The Kier molecular flexibility index (Phi) is 3.33. The minimum atomic E-state index is 0.316. The smallest absolute Gasteiger partial charge is 0.201 e. The van der Waals surface area contributed by atoms with Crippen molar-refractivity contribution in [2.45, 2.75) is 19.4 Å². The summed E-state index contributed by atoms with van der Waals surface area (Å²) in [6, 6.07) is 17.9. The maximum Gasteiger partial charge on any atom is 0.201 e. The first-order valence-corrected chi connectivity index (χ1v) is 6.90. The van der Waals surface area contributed by atoms with Crippen LogP contribution in [0.2, 0.25) is 0 Å². The third kappa shape index (κ3) is 2.46. The number of hydrogen-bond donors (Lipinski definition) is 1. The first-order chi connectivity index (χ1) is 10.2. The summed E-state index contributed by atoms with van der Waals surface area (Å²) in [6.07, 6.45) is 0. The number of benzene rings is 2. The summed E-state index contributed by atoms with van der Waals surface area (Å²) >= 11 is 0. The van der Waals surface area contributed by atoms with Crippen LogP contribution in [0, 0.1) is 11.3 Å². The van der Waals surface area contributed by atoms with Crippen molar-refractivity contribution in [3.8, 4) is 6.07 Å². The van der Waals surface area contributed by atoms with E-state index >= 15 is 0 Å². The Bertz CT molecular complexity index is 812. The van der Waals surface area contributed by atoms with Crippen molar-refractivity contribution in [2.24, 2.45) is 0 Å². The van der Waals surface area contributed by atoms with Gasteiger partial charge in [-0.1, -0.05) is 37.3 Å². The van der Waals surface area contributed by atoms with Crippen LogP contribution in [0.25, 0.3) is 11.0 Å². The molecule has 4 heteroatoms. The maximum atomic E-state index is 9.04. The topological polar surface area (TPSA) is 67.6 Å². The fourth-order valence-electron chi connectivity index (χ4n) is 2.56. The Balaban J connectivity index is 2.00. The molecule has 0 aliphatic heterocycles. The third-order valence-electron chi connectivity index (χ3n) is 3.73. The second kappa shape index (κ2) is 5.29. The van der Waals surface area contributed by atoms with Gasteiger partial charge in [0, 0.05) is 6.54 Å². The second-order valence-corrected chi connectivity index (χ2v) is 5.21. The normalized spacial score (nSPS) is 12.2. The molecule has 0 amide bonds. The predicted molar refractivity (Wildman–Crippen MR) is 83.7 cm³/mol. The molecule has 0 radical (unpaired) electrons. The number of nitriles is 1. The molecule has 0 bridgehead atoms. The standard InChI is InChI=1S/C17H16N4/c1-12(14-5-3-2-4-6-14)11-21-16-9-13(10-18)7-8-15(16)20-17(21)19/h2-9,12H,11H2,1H3,(H2,19,20). The van der Waals surface area contributed by atoms with E-state index in [0.717, 1.165) is 17.6 Å². The number of hydrogen-bond acceptors (Lipinski definition) is 3. The Morgan fingerprint density at radius 3 is 2.71 bits per heavy atom. The van der Waals surface area contributed by atoms with Gasteiger partial charge >= 0.3 is 0 Å². The molecule has 21 heavy (non-hydrogen) atoms. The highest BCUT2D eigenvalue weighted by atomic mass is 15.2. The van der Waals surface area contributed by atoms with E-state index < -0.39 is 0 Å². The molecule has 1 unspecified atom stereocenters. The number of aromatic nitrogens is 2. The van der Waals surface area contributed by atoms with Crippen molar-refractivity contribution in [3.05, 3.63) is 59.7 Å². The van der Waals surface area contributed by atoms with Crippen molar-refractivity contribution in [1.29, 1.82) is 5.26 Å². The molecule has 0 fully saturated rings. The molecule has 2 aromatic carbocycles. The van der Waals surface area contributed by atoms with Gasteiger partial charge in [0.1, 0.15) is 0 Å². The van der Waals surface area contributed by atoms with Crippen LogP contribution in [0.3, 0.4) is 0 Å². The first-order valence-electron chi connectivity index (χ1n) is 6.90. The molecule has 1 aromatic heterocycles. The molecule has 1 atom stereocenters. The average Bonchev–Trinajstić information content (AvgIpc) is 2.83. The highest BCUT2D eigenvalue weighted by Crippen LogP contribution is 2.24. The Morgan fingerprint density at radius 2 is 2.00 bits per heavy atom. The van der Waals surface area contributed by atoms with Gasteiger partial charge in [-0.25, -0.2) is 4.98 Å². The van der Waals surface area contributed by atoms with E-state index in [0.29, 0.717) is 17.4 Å². The van der Waals surface area contributed by atoms with Crippen LogP contribution in [-0.2, 0) is 6.54 Å². The minimum Gasteiger partial charge on any atom is -0.369 e. The fraction of sp³-hybridized carbons (Fsp3) is 0.176. The highest BCUT2D eigenvalue weighted by Gasteiger charge is 2.13. The van der Waals surface area contributed by atoms with Gasteiger partial charge in [0.05, 0.1) is 22.7 Å². The quantitative estimate of drug-likeness (QED) is 0.798. The van der Waals surface area contributed by atoms with Crippen LogP contribution in [0.1, 0.15) is 24.0 Å². The average molecular weight is 276 g/mol. The zero-order valence-electron chi connectivity index (χ0n) is 11.8. The Labute approximate surface area is 123 Å². The van der Waals surface area contributed by atoms with E-state index in [-0.39, 0.29) is 0 Å². The lowest BCUT2D eigenvalue weighted by Gasteiger charge is -2.14. The SMILES string of the molecule is CC(Cn1c(N)nc2ccc(C#N)cc21)c1ccccc1. The monoisotopic (exact) mass is 276 g/mol. The van der Waals surface area contributed by atoms with Crippen LogP contribution < -0.4 is 5.73 Å². The lowest BCUT2D eigenvalue weighted by molar-refractivity contribution is 0.617. The van der Waals surface area contributed by atoms with Crippen LogP contribution in [0.5, 0.6) is 0 Å².